The van der Waals surface area contributed by atoms with Gasteiger partial charge in [-0.3, -0.25) is 0 Å². The van der Waals surface area contributed by atoms with Crippen LogP contribution in [0.2, 0.25) is 10.0 Å². The summed E-state index contributed by atoms with van der Waals surface area (Å²) in [5, 5.41) is 11.0. The van der Waals surface area contributed by atoms with E-state index in [1.165, 1.54) is 13.8 Å². The number of nitrogens with one attached hydrogen (secondary N) is 1. The van der Waals surface area contributed by atoms with Crippen LogP contribution >= 0.6 is 23.2 Å². The number of carboxylic acid groups (broad SMARTS) is 1. The van der Waals surface area contributed by atoms with Crippen LogP contribution in [0.1, 0.15) is 44.2 Å². The molecule has 0 spiro atoms. The van der Waals surface area contributed by atoms with E-state index in [0.29, 0.717) is 6.42 Å². The van der Waals surface area contributed by atoms with Gasteiger partial charge in [-0.15, -0.1) is 0 Å². The van der Waals surface area contributed by atoms with E-state index in [2.05, 4.69) is 5.32 Å². The Morgan fingerprint density at radius 2 is 1.81 bits per heavy atom. The average Bonchev–Trinajstić information content (AvgIpc) is 2.66. The predicted octanol–water partition coefficient (Wildman–Crippen LogP) is 5.62. The predicted molar refractivity (Wildman–Crippen MR) is 107 cm³/mol. The third-order valence-corrected chi connectivity index (χ3v) is 5.47. The largest absolute Gasteiger partial charge is 0.478 e. The van der Waals surface area contributed by atoms with Crippen molar-refractivity contribution in [3.63, 3.8) is 0 Å². The van der Waals surface area contributed by atoms with Crippen LogP contribution in [0.3, 0.4) is 0 Å². The third-order valence-electron chi connectivity index (χ3n) is 4.83. The minimum atomic E-state index is -5.04. The first-order valence-electron chi connectivity index (χ1n) is 9.11. The van der Waals surface area contributed by atoms with Crippen LogP contribution in [0.4, 0.5) is 17.6 Å². The van der Waals surface area contributed by atoms with Gasteiger partial charge in [-0.2, -0.15) is 13.2 Å². The fourth-order valence-corrected chi connectivity index (χ4v) is 3.82. The van der Waals surface area contributed by atoms with Crippen molar-refractivity contribution in [2.45, 2.75) is 45.4 Å². The first-order valence-corrected chi connectivity index (χ1v) is 9.86. The first kappa shape index (κ1) is 25.0. The summed E-state index contributed by atoms with van der Waals surface area (Å²) in [5.74, 6) is -4.65. The maximum atomic E-state index is 13.9. The van der Waals surface area contributed by atoms with Gasteiger partial charge in [-0.25, -0.2) is 14.0 Å². The van der Waals surface area contributed by atoms with Crippen molar-refractivity contribution >= 4 is 35.1 Å². The van der Waals surface area contributed by atoms with E-state index >= 15 is 0 Å². The zero-order chi connectivity index (χ0) is 23.7. The molecule has 2 atom stereocenters. The molecule has 0 radical (unpaired) electrons. The van der Waals surface area contributed by atoms with Crippen LogP contribution in [0.15, 0.2) is 34.7 Å². The molecule has 0 aromatic heterocycles. The monoisotopic (exact) mass is 483 g/mol. The van der Waals surface area contributed by atoms with Crippen molar-refractivity contribution in [2.75, 3.05) is 6.67 Å². The molecule has 0 fully saturated rings. The number of benzene rings is 1. The summed E-state index contributed by atoms with van der Waals surface area (Å²) in [6.45, 7) is 3.19. The number of carboxylic acids is 1. The number of esters is 1. The summed E-state index contributed by atoms with van der Waals surface area (Å²) >= 11 is 11.9. The van der Waals surface area contributed by atoms with E-state index in [1.807, 2.05) is 0 Å². The summed E-state index contributed by atoms with van der Waals surface area (Å²) in [4.78, 5) is 24.9. The lowest BCUT2D eigenvalue weighted by Crippen LogP contribution is -2.35. The van der Waals surface area contributed by atoms with Gasteiger partial charge in [0.1, 0.15) is 6.67 Å². The highest BCUT2D eigenvalue weighted by molar-refractivity contribution is 6.34. The number of carbonyl (C=O) groups is 2. The molecule has 1 aromatic carbocycles. The number of hydrogen-bond donors (Lipinski definition) is 2. The third kappa shape index (κ3) is 4.98. The zero-order valence-electron chi connectivity index (χ0n) is 16.7. The standard InChI is InChI=1S/C20H19Cl2F4NO4/c1-4-8(2)31-19(30)15-12(7-23)27-9(3)13(18(28)29)16(15)14-10(21)5-6-11(22)17(14)20(24,25)26/h5-6,8,16,27H,4,7H2,1-3H3,(H,28,29). The summed E-state index contributed by atoms with van der Waals surface area (Å²) in [5.41, 5.74) is -3.95. The Kier molecular flexibility index (Phi) is 7.65. The van der Waals surface area contributed by atoms with Crippen LogP contribution in [0, 0.1) is 0 Å². The lowest BCUT2D eigenvalue weighted by molar-refractivity contribution is -0.144. The van der Waals surface area contributed by atoms with E-state index in [1.54, 1.807) is 6.92 Å². The highest BCUT2D eigenvalue weighted by atomic mass is 35.5. The second kappa shape index (κ2) is 9.48. The highest BCUT2D eigenvalue weighted by Gasteiger charge is 2.46. The van der Waals surface area contributed by atoms with Gasteiger partial charge < -0.3 is 15.2 Å². The Labute approximate surface area is 185 Å². The summed E-state index contributed by atoms with van der Waals surface area (Å²) < 4.78 is 60.8. The van der Waals surface area contributed by atoms with Gasteiger partial charge in [0.25, 0.3) is 0 Å². The second-order valence-electron chi connectivity index (χ2n) is 6.87. The van der Waals surface area contributed by atoms with Gasteiger partial charge in [0.15, 0.2) is 0 Å². The molecule has 31 heavy (non-hydrogen) atoms. The Bertz CT molecular complexity index is 973. The molecule has 1 aliphatic heterocycles. The van der Waals surface area contributed by atoms with Crippen molar-refractivity contribution < 1.29 is 37.0 Å². The van der Waals surface area contributed by atoms with Crippen molar-refractivity contribution in [3.8, 4) is 0 Å². The number of aliphatic carboxylic acids is 1. The summed E-state index contributed by atoms with van der Waals surface area (Å²) in [6, 6.07) is 1.96. The normalized spacial score (nSPS) is 18.0. The number of ether oxygens (including phenoxy) is 1. The van der Waals surface area contributed by atoms with Crippen molar-refractivity contribution in [3.05, 3.63) is 55.8 Å². The van der Waals surface area contributed by atoms with Crippen LogP contribution in [-0.2, 0) is 20.5 Å². The molecule has 0 bridgehead atoms. The van der Waals surface area contributed by atoms with Gasteiger partial charge in [-0.1, -0.05) is 30.1 Å². The topological polar surface area (TPSA) is 75.6 Å². The quantitative estimate of drug-likeness (QED) is 0.405. The number of allylic oxidation sites excluding steroid dienone is 2. The fraction of sp³-hybridized carbons (Fsp3) is 0.400. The number of carbonyl (C=O) groups excluding carboxylic acids is 1. The van der Waals surface area contributed by atoms with E-state index in [-0.39, 0.29) is 5.70 Å². The van der Waals surface area contributed by atoms with E-state index in [0.717, 1.165) is 12.1 Å². The van der Waals surface area contributed by atoms with Gasteiger partial charge >= 0.3 is 18.1 Å². The molecule has 2 unspecified atom stereocenters. The van der Waals surface area contributed by atoms with Gasteiger partial charge in [0, 0.05) is 10.7 Å². The molecular weight excluding hydrogens is 465 g/mol. The average molecular weight is 484 g/mol. The molecular formula is C20H19Cl2F4NO4. The number of alkyl halides is 4. The Balaban J connectivity index is 2.94. The van der Waals surface area contributed by atoms with Crippen molar-refractivity contribution in [2.24, 2.45) is 0 Å². The number of rotatable bonds is 6. The smallest absolute Gasteiger partial charge is 0.418 e. The lowest BCUT2D eigenvalue weighted by Gasteiger charge is -2.32. The molecule has 0 saturated heterocycles. The maximum Gasteiger partial charge on any atom is 0.418 e. The van der Waals surface area contributed by atoms with Gasteiger partial charge in [0.05, 0.1) is 39.5 Å². The maximum absolute atomic E-state index is 13.9. The molecule has 1 heterocycles. The van der Waals surface area contributed by atoms with E-state index < -0.39 is 74.8 Å². The first-order chi connectivity index (χ1) is 14.3. The van der Waals surface area contributed by atoms with Crippen molar-refractivity contribution in [1.82, 2.24) is 5.32 Å². The summed E-state index contributed by atoms with van der Waals surface area (Å²) in [6.07, 6.45) is -5.32. The molecule has 170 valence electrons. The molecule has 1 aromatic rings. The molecule has 2 N–H and O–H groups in total. The number of hydrogen-bond acceptors (Lipinski definition) is 4. The van der Waals surface area contributed by atoms with Crippen LogP contribution in [0.5, 0.6) is 0 Å². The van der Waals surface area contributed by atoms with Crippen LogP contribution < -0.4 is 5.32 Å². The van der Waals surface area contributed by atoms with Gasteiger partial charge in [-0.05, 0) is 38.0 Å². The number of halogens is 6. The molecule has 0 aliphatic carbocycles. The Morgan fingerprint density at radius 3 is 2.29 bits per heavy atom. The van der Waals surface area contributed by atoms with Gasteiger partial charge in [0.2, 0.25) is 0 Å². The second-order valence-corrected chi connectivity index (χ2v) is 7.68. The number of dihydropyridines is 1. The van der Waals surface area contributed by atoms with E-state index in [4.69, 9.17) is 27.9 Å². The van der Waals surface area contributed by atoms with E-state index in [9.17, 15) is 32.3 Å². The Hall–Kier alpha value is -2.26. The molecule has 1 aliphatic rings. The highest BCUT2D eigenvalue weighted by Crippen LogP contribution is 2.49. The molecule has 0 amide bonds. The van der Waals surface area contributed by atoms with Crippen molar-refractivity contribution in [1.29, 1.82) is 0 Å². The fourth-order valence-electron chi connectivity index (χ4n) is 3.28. The lowest BCUT2D eigenvalue weighted by atomic mass is 9.78. The molecule has 2 rings (SSSR count). The molecule has 11 heteroatoms. The Morgan fingerprint density at radius 1 is 1.23 bits per heavy atom. The molecule has 5 nitrogen and oxygen atoms in total. The van der Waals surface area contributed by atoms with Crippen LogP contribution in [-0.4, -0.2) is 29.8 Å². The van der Waals surface area contributed by atoms with Crippen LogP contribution in [0.25, 0.3) is 0 Å². The minimum Gasteiger partial charge on any atom is -0.478 e. The zero-order valence-corrected chi connectivity index (χ0v) is 18.2. The SMILES string of the molecule is CCC(C)OC(=O)C1=C(CF)NC(C)=C(C(=O)O)C1c1c(Cl)ccc(Cl)c1C(F)(F)F. The molecule has 0 saturated carbocycles. The minimum absolute atomic E-state index is 0.144. The summed E-state index contributed by atoms with van der Waals surface area (Å²) in [7, 11) is 0.